The molecule has 38 heavy (non-hydrogen) atoms. The van der Waals surface area contributed by atoms with Crippen LogP contribution < -0.4 is 0 Å². The predicted octanol–water partition coefficient (Wildman–Crippen LogP) is 10.5. The number of hydrogen-bond donors (Lipinski definition) is 0. The smallest absolute Gasteiger partial charge is 0.255 e. The summed E-state index contributed by atoms with van der Waals surface area (Å²) in [6, 6.07) is 12.8. The lowest BCUT2D eigenvalue weighted by molar-refractivity contribution is -0.211. The Morgan fingerprint density at radius 2 is 1.55 bits per heavy atom. The van der Waals surface area contributed by atoms with Crippen molar-refractivity contribution in [3.05, 3.63) is 89.5 Å². The summed E-state index contributed by atoms with van der Waals surface area (Å²) >= 11 is 1.34. The molecule has 5 rings (SSSR count). The minimum absolute atomic E-state index is 0.0945. The Morgan fingerprint density at radius 1 is 0.868 bits per heavy atom. The molecular formula is C33H32F3NS. The molecule has 0 spiro atoms. The second kappa shape index (κ2) is 9.23. The zero-order valence-corrected chi connectivity index (χ0v) is 23.1. The highest BCUT2D eigenvalue weighted by Crippen LogP contribution is 2.44. The second-order valence-corrected chi connectivity index (χ2v) is 12.5. The Labute approximate surface area is 232 Å². The molecule has 0 aliphatic rings. The number of pyridine rings is 1. The first-order valence-electron chi connectivity index (χ1n) is 14.5. The Morgan fingerprint density at radius 3 is 2.21 bits per heavy atom. The molecule has 0 aliphatic carbocycles. The molecule has 0 aliphatic heterocycles. The first-order valence-corrected chi connectivity index (χ1v) is 13.3. The van der Waals surface area contributed by atoms with Gasteiger partial charge in [-0.2, -0.15) is 13.2 Å². The van der Waals surface area contributed by atoms with Gasteiger partial charge in [-0.3, -0.25) is 4.98 Å². The Bertz CT molecular complexity index is 1840. The van der Waals surface area contributed by atoms with Gasteiger partial charge in [0.25, 0.3) is 0 Å². The number of aryl methyl sites for hydroxylation is 1. The molecule has 196 valence electrons. The number of alkyl halides is 3. The van der Waals surface area contributed by atoms with Gasteiger partial charge < -0.3 is 0 Å². The van der Waals surface area contributed by atoms with Crippen LogP contribution in [0.25, 0.3) is 42.6 Å². The third-order valence-electron chi connectivity index (χ3n) is 7.09. The molecule has 0 saturated heterocycles. The van der Waals surface area contributed by atoms with Crippen LogP contribution in [0.4, 0.5) is 13.2 Å². The molecule has 2 heterocycles. The second-order valence-electron chi connectivity index (χ2n) is 11.5. The highest BCUT2D eigenvalue weighted by Gasteiger charge is 2.46. The lowest BCUT2D eigenvalue weighted by Crippen LogP contribution is -2.34. The number of halogens is 3. The van der Waals surface area contributed by atoms with Crippen LogP contribution >= 0.6 is 11.3 Å². The number of aromatic nitrogens is 1. The highest BCUT2D eigenvalue weighted by atomic mass is 32.1. The summed E-state index contributed by atoms with van der Waals surface area (Å²) in [5, 5.41) is 3.13. The van der Waals surface area contributed by atoms with Crippen molar-refractivity contribution in [1.29, 1.82) is 0 Å². The van der Waals surface area contributed by atoms with Gasteiger partial charge in [0.1, 0.15) is 0 Å². The third-order valence-corrected chi connectivity index (χ3v) is 8.42. The van der Waals surface area contributed by atoms with Gasteiger partial charge in [0, 0.05) is 16.6 Å². The molecule has 0 amide bonds. The number of fused-ring (bicyclic) bond motifs is 2. The zero-order chi connectivity index (χ0) is 30.9. The SMILES string of the molecule is [2H]c1c([2H])c(-c2sc3c(-c4cc(C(C)(C)C)c5ccccc5c4)nccc3c2C)c([2H])c([2H])c1CC(C)(C)C(F)(F)F. The molecule has 0 bridgehead atoms. The standard InChI is InChI=1S/C33H32F3NS/c1-20-25-15-16-37-28(24-17-23-9-7-8-10-26(23)27(18-24)31(2,3)4)30(25)38-29(20)22-13-11-21(12-14-22)19-32(5,6)33(34,35)36/h7-18H,19H2,1-6H3/i11D,12D,13D,14D. The van der Waals surface area contributed by atoms with Crippen LogP contribution in [0.3, 0.4) is 0 Å². The van der Waals surface area contributed by atoms with Gasteiger partial charge >= 0.3 is 6.18 Å². The van der Waals surface area contributed by atoms with Crippen LogP contribution in [-0.2, 0) is 11.8 Å². The van der Waals surface area contributed by atoms with E-state index in [0.717, 1.165) is 46.1 Å². The molecule has 0 unspecified atom stereocenters. The van der Waals surface area contributed by atoms with Gasteiger partial charge in [-0.05, 0) is 75.4 Å². The summed E-state index contributed by atoms with van der Waals surface area (Å²) in [6.45, 7) is 10.4. The average Bonchev–Trinajstić information content (AvgIpc) is 3.24. The molecule has 0 atom stereocenters. The Hall–Kier alpha value is -3.18. The summed E-state index contributed by atoms with van der Waals surface area (Å²) < 4.78 is 76.4. The lowest BCUT2D eigenvalue weighted by Gasteiger charge is -2.27. The van der Waals surface area contributed by atoms with E-state index in [9.17, 15) is 13.2 Å². The van der Waals surface area contributed by atoms with Gasteiger partial charge in [-0.1, -0.05) is 83.1 Å². The molecule has 2 aromatic heterocycles. The maximum atomic E-state index is 13.6. The van der Waals surface area contributed by atoms with E-state index >= 15 is 0 Å². The van der Waals surface area contributed by atoms with Crippen LogP contribution in [0.1, 0.15) is 56.8 Å². The minimum atomic E-state index is -4.56. The number of rotatable bonds is 4. The van der Waals surface area contributed by atoms with E-state index in [0.29, 0.717) is 4.88 Å². The molecule has 0 radical (unpaired) electrons. The van der Waals surface area contributed by atoms with Crippen molar-refractivity contribution in [2.24, 2.45) is 5.41 Å². The van der Waals surface area contributed by atoms with Crippen molar-refractivity contribution in [2.75, 3.05) is 0 Å². The molecule has 3 aromatic carbocycles. The average molecular weight is 536 g/mol. The largest absolute Gasteiger partial charge is 0.394 e. The number of nitrogens with zero attached hydrogens (tertiary/aromatic N) is 1. The van der Waals surface area contributed by atoms with Crippen molar-refractivity contribution in [3.8, 4) is 21.7 Å². The Balaban J connectivity index is 1.73. The van der Waals surface area contributed by atoms with Crippen molar-refractivity contribution in [3.63, 3.8) is 0 Å². The monoisotopic (exact) mass is 535 g/mol. The fraction of sp³-hybridized carbons (Fsp3) is 0.303. The van der Waals surface area contributed by atoms with Crippen LogP contribution in [0.2, 0.25) is 0 Å². The van der Waals surface area contributed by atoms with E-state index in [-0.39, 0.29) is 28.6 Å². The van der Waals surface area contributed by atoms with Crippen LogP contribution in [0.15, 0.2) is 72.8 Å². The molecule has 0 fully saturated rings. The first-order chi connectivity index (χ1) is 19.4. The van der Waals surface area contributed by atoms with E-state index in [4.69, 9.17) is 10.5 Å². The molecule has 5 aromatic rings. The van der Waals surface area contributed by atoms with Crippen molar-refractivity contribution < 1.29 is 18.7 Å². The minimum Gasteiger partial charge on any atom is -0.255 e. The molecule has 5 heteroatoms. The summed E-state index contributed by atoms with van der Waals surface area (Å²) in [7, 11) is 0. The third kappa shape index (κ3) is 4.73. The summed E-state index contributed by atoms with van der Waals surface area (Å²) in [5.41, 5.74) is 1.17. The van der Waals surface area contributed by atoms with Gasteiger partial charge in [0.05, 0.1) is 21.3 Å². The van der Waals surface area contributed by atoms with Gasteiger partial charge in [-0.25, -0.2) is 0 Å². The summed E-state index contributed by atoms with van der Waals surface area (Å²) in [4.78, 5) is 5.30. The number of thiophene rings is 1. The fourth-order valence-corrected chi connectivity index (χ4v) is 6.01. The van der Waals surface area contributed by atoms with Crippen molar-refractivity contribution in [2.45, 2.75) is 59.6 Å². The van der Waals surface area contributed by atoms with Gasteiger partial charge in [-0.15, -0.1) is 11.3 Å². The maximum Gasteiger partial charge on any atom is 0.394 e. The first kappa shape index (κ1) is 21.7. The normalized spacial score (nSPS) is 14.4. The zero-order valence-electron chi connectivity index (χ0n) is 26.3. The summed E-state index contributed by atoms with van der Waals surface area (Å²) in [6.07, 6.45) is -3.48. The van der Waals surface area contributed by atoms with Gasteiger partial charge in [0.2, 0.25) is 0 Å². The van der Waals surface area contributed by atoms with Crippen molar-refractivity contribution >= 4 is 32.2 Å². The summed E-state index contributed by atoms with van der Waals surface area (Å²) in [5.74, 6) is 0. The van der Waals surface area contributed by atoms with E-state index in [2.05, 4.69) is 45.0 Å². The van der Waals surface area contributed by atoms with Crippen LogP contribution in [0, 0.1) is 12.3 Å². The molecular weight excluding hydrogens is 499 g/mol. The molecule has 0 saturated carbocycles. The molecule has 1 nitrogen and oxygen atoms in total. The maximum absolute atomic E-state index is 13.6. The Kier molecular flexibility index (Phi) is 5.28. The number of hydrogen-bond acceptors (Lipinski definition) is 2. The quantitative estimate of drug-likeness (QED) is 0.223. The van der Waals surface area contributed by atoms with Gasteiger partial charge in [0.15, 0.2) is 0 Å². The number of benzene rings is 3. The van der Waals surface area contributed by atoms with E-state index < -0.39 is 30.1 Å². The van der Waals surface area contributed by atoms with Crippen LogP contribution in [0.5, 0.6) is 0 Å². The topological polar surface area (TPSA) is 12.9 Å². The molecule has 0 N–H and O–H groups in total. The van der Waals surface area contributed by atoms with Crippen LogP contribution in [-0.4, -0.2) is 11.2 Å². The van der Waals surface area contributed by atoms with Crippen molar-refractivity contribution in [1.82, 2.24) is 4.98 Å². The highest BCUT2D eigenvalue weighted by molar-refractivity contribution is 7.23. The lowest BCUT2D eigenvalue weighted by atomic mass is 9.82. The predicted molar refractivity (Wildman–Crippen MR) is 155 cm³/mol. The van der Waals surface area contributed by atoms with E-state index in [1.165, 1.54) is 22.3 Å². The fourth-order valence-electron chi connectivity index (χ4n) is 4.74. The van der Waals surface area contributed by atoms with E-state index in [1.54, 1.807) is 6.20 Å². The van der Waals surface area contributed by atoms with E-state index in [1.807, 2.05) is 25.1 Å².